The van der Waals surface area contributed by atoms with Gasteiger partial charge in [-0.15, -0.1) is 0 Å². The van der Waals surface area contributed by atoms with Crippen molar-refractivity contribution in [3.8, 4) is 0 Å². The fourth-order valence-electron chi connectivity index (χ4n) is 2.80. The van der Waals surface area contributed by atoms with Crippen molar-refractivity contribution in [1.82, 2.24) is 9.97 Å². The molecule has 0 amide bonds. The van der Waals surface area contributed by atoms with E-state index in [1.807, 2.05) is 20.8 Å². The first-order valence-corrected chi connectivity index (χ1v) is 12.5. The van der Waals surface area contributed by atoms with Crippen molar-refractivity contribution >= 4 is 45.2 Å². The van der Waals surface area contributed by atoms with E-state index >= 15 is 0 Å². The maximum atomic E-state index is 14.3. The zero-order valence-corrected chi connectivity index (χ0v) is 19.6. The molecule has 2 rings (SSSR count). The third-order valence-corrected chi connectivity index (χ3v) is 5.87. The second kappa shape index (κ2) is 10.6. The van der Waals surface area contributed by atoms with Crippen LogP contribution in [-0.4, -0.2) is 42.4 Å². The highest BCUT2D eigenvalue weighted by Gasteiger charge is 2.18. The summed E-state index contributed by atoms with van der Waals surface area (Å²) in [5.74, 6) is 0.160. The lowest BCUT2D eigenvalue weighted by Gasteiger charge is -2.19. The predicted octanol–water partition coefficient (Wildman–Crippen LogP) is 4.31. The van der Waals surface area contributed by atoms with Crippen LogP contribution < -0.4 is 10.0 Å². The highest BCUT2D eigenvalue weighted by atomic mass is 35.5. The summed E-state index contributed by atoms with van der Waals surface area (Å²) in [6.45, 7) is 5.73. The summed E-state index contributed by atoms with van der Waals surface area (Å²) in [6, 6.07) is 5.66. The molecular formula is C19H26ClFN4O3S2. The Morgan fingerprint density at radius 3 is 2.50 bits per heavy atom. The van der Waals surface area contributed by atoms with Gasteiger partial charge in [0.2, 0.25) is 16.0 Å². The number of aromatic nitrogens is 2. The molecule has 1 aromatic carbocycles. The highest BCUT2D eigenvalue weighted by Crippen LogP contribution is 2.36. The minimum atomic E-state index is -3.56. The normalized spacial score (nSPS) is 13.9. The van der Waals surface area contributed by atoms with Gasteiger partial charge in [0, 0.05) is 21.9 Å². The molecule has 0 bridgehead atoms. The Morgan fingerprint density at radius 1 is 1.23 bits per heavy atom. The molecule has 0 radical (unpaired) electrons. The van der Waals surface area contributed by atoms with Crippen LogP contribution in [0.5, 0.6) is 0 Å². The number of sulfonamides is 1. The van der Waals surface area contributed by atoms with Gasteiger partial charge in [0.05, 0.1) is 18.9 Å². The molecule has 0 fully saturated rings. The Kier molecular flexibility index (Phi) is 8.72. The molecule has 3 N–H and O–H groups in total. The van der Waals surface area contributed by atoms with Crippen molar-refractivity contribution < 1.29 is 17.9 Å². The summed E-state index contributed by atoms with van der Waals surface area (Å²) in [5, 5.41) is 13.1. The van der Waals surface area contributed by atoms with Crippen molar-refractivity contribution in [2.24, 2.45) is 5.92 Å². The first-order chi connectivity index (χ1) is 14.0. The van der Waals surface area contributed by atoms with Crippen molar-refractivity contribution in [3.63, 3.8) is 0 Å². The molecule has 0 aliphatic carbocycles. The molecule has 0 saturated carbocycles. The number of aliphatic hydroxyl groups is 1. The van der Waals surface area contributed by atoms with Crippen LogP contribution >= 0.6 is 23.4 Å². The fourth-order valence-corrected chi connectivity index (χ4v) is 4.44. The molecule has 7 nitrogen and oxygen atoms in total. The van der Waals surface area contributed by atoms with E-state index in [1.54, 1.807) is 12.1 Å². The van der Waals surface area contributed by atoms with Crippen LogP contribution in [0.1, 0.15) is 38.0 Å². The third kappa shape index (κ3) is 7.90. The van der Waals surface area contributed by atoms with Crippen LogP contribution in [0.2, 0.25) is 5.02 Å². The molecule has 30 heavy (non-hydrogen) atoms. The number of halogens is 2. The van der Waals surface area contributed by atoms with Crippen LogP contribution in [0.4, 0.5) is 16.2 Å². The summed E-state index contributed by atoms with van der Waals surface area (Å²) in [6.07, 6.45) is 1.70. The molecule has 1 aromatic heterocycles. The Morgan fingerprint density at radius 2 is 1.93 bits per heavy atom. The highest BCUT2D eigenvalue weighted by molar-refractivity contribution is 7.99. The van der Waals surface area contributed by atoms with Crippen LogP contribution in [0, 0.1) is 11.7 Å². The van der Waals surface area contributed by atoms with Gasteiger partial charge < -0.3 is 10.4 Å². The molecule has 0 aliphatic heterocycles. The van der Waals surface area contributed by atoms with E-state index in [4.69, 9.17) is 11.6 Å². The zero-order valence-electron chi connectivity index (χ0n) is 17.2. The monoisotopic (exact) mass is 476 g/mol. The fraction of sp³-hybridized carbons (Fsp3) is 0.474. The third-order valence-electron chi connectivity index (χ3n) is 4.00. The summed E-state index contributed by atoms with van der Waals surface area (Å²) in [5.41, 5.74) is 0.447. The Hall–Kier alpha value is -1.62. The van der Waals surface area contributed by atoms with E-state index in [1.165, 1.54) is 23.9 Å². The van der Waals surface area contributed by atoms with Gasteiger partial charge in [-0.2, -0.15) is 4.98 Å². The number of thioether (sulfide) groups is 1. The Balaban J connectivity index is 2.33. The number of anilines is 2. The number of benzene rings is 1. The first kappa shape index (κ1) is 24.6. The van der Waals surface area contributed by atoms with Gasteiger partial charge in [-0.05, 0) is 31.4 Å². The second-order valence-electron chi connectivity index (χ2n) is 7.37. The smallest absolute Gasteiger partial charge is 0.230 e. The number of hydrogen-bond acceptors (Lipinski definition) is 7. The summed E-state index contributed by atoms with van der Waals surface area (Å²) in [7, 11) is -3.56. The number of aliphatic hydroxyl groups excluding tert-OH is 1. The molecule has 0 aliphatic rings. The average molecular weight is 477 g/mol. The van der Waals surface area contributed by atoms with Gasteiger partial charge in [-0.1, -0.05) is 43.3 Å². The molecule has 1 unspecified atom stereocenters. The minimum Gasteiger partial charge on any atom is -0.394 e. The number of nitrogens with one attached hydrogen (secondary N) is 2. The molecule has 11 heteroatoms. The van der Waals surface area contributed by atoms with Crippen LogP contribution in [0.3, 0.4) is 0 Å². The van der Waals surface area contributed by atoms with Crippen molar-refractivity contribution in [1.29, 1.82) is 0 Å². The Labute approximate surface area is 185 Å². The minimum absolute atomic E-state index is 0.0857. The van der Waals surface area contributed by atoms with Gasteiger partial charge >= 0.3 is 0 Å². The molecule has 2 atom stereocenters. The molecule has 0 saturated heterocycles. The van der Waals surface area contributed by atoms with E-state index in [2.05, 4.69) is 20.0 Å². The van der Waals surface area contributed by atoms with Gasteiger partial charge in [-0.25, -0.2) is 17.8 Å². The molecular weight excluding hydrogens is 451 g/mol. The van der Waals surface area contributed by atoms with Gasteiger partial charge in [-0.3, -0.25) is 4.72 Å². The molecule has 2 aromatic rings. The van der Waals surface area contributed by atoms with Crippen molar-refractivity contribution in [3.05, 3.63) is 40.7 Å². The Bertz CT molecular complexity index is 976. The predicted molar refractivity (Wildman–Crippen MR) is 120 cm³/mol. The first-order valence-electron chi connectivity index (χ1n) is 9.32. The van der Waals surface area contributed by atoms with Crippen molar-refractivity contribution in [2.75, 3.05) is 22.9 Å². The maximum absolute atomic E-state index is 14.3. The largest absolute Gasteiger partial charge is 0.394 e. The average Bonchev–Trinajstić information content (AvgIpc) is 2.58. The topological polar surface area (TPSA) is 104 Å². The summed E-state index contributed by atoms with van der Waals surface area (Å²) >= 11 is 7.07. The van der Waals surface area contributed by atoms with E-state index in [0.29, 0.717) is 28.0 Å². The van der Waals surface area contributed by atoms with E-state index in [0.717, 1.165) is 6.26 Å². The molecule has 0 spiro atoms. The van der Waals surface area contributed by atoms with Crippen LogP contribution in [0.25, 0.3) is 0 Å². The van der Waals surface area contributed by atoms with Crippen LogP contribution in [0.15, 0.2) is 29.3 Å². The maximum Gasteiger partial charge on any atom is 0.230 e. The van der Waals surface area contributed by atoms with E-state index in [9.17, 15) is 17.9 Å². The second-order valence-corrected chi connectivity index (χ2v) is 10.9. The number of rotatable bonds is 10. The van der Waals surface area contributed by atoms with Crippen molar-refractivity contribution in [2.45, 2.75) is 43.5 Å². The summed E-state index contributed by atoms with van der Waals surface area (Å²) < 4.78 is 39.9. The number of nitrogens with zero attached hydrogens (tertiary/aromatic N) is 2. The van der Waals surface area contributed by atoms with Gasteiger partial charge in [0.15, 0.2) is 0 Å². The lowest BCUT2D eigenvalue weighted by atomic mass is 10.0. The van der Waals surface area contributed by atoms with Gasteiger partial charge in [0.25, 0.3) is 0 Å². The van der Waals surface area contributed by atoms with E-state index < -0.39 is 15.8 Å². The zero-order chi connectivity index (χ0) is 22.5. The lowest BCUT2D eigenvalue weighted by molar-refractivity contribution is 0.259. The van der Waals surface area contributed by atoms with E-state index in [-0.39, 0.29) is 29.7 Å². The number of hydrogen-bond donors (Lipinski definition) is 3. The lowest BCUT2D eigenvalue weighted by Crippen LogP contribution is -2.27. The standard InChI is InChI=1S/C19H26ClFN4O3S2/c1-11(2)7-14(10-26)22-19-23-17(25-30(4,27)28)9-18(24-19)29-12(3)15-6-5-13(20)8-16(15)21/h5-6,8-9,11-12,14,26H,7,10H2,1-4H3,(H2,22,23,24,25)/t12?,14-/m1/s1. The van der Waals surface area contributed by atoms with Gasteiger partial charge in [0.1, 0.15) is 16.7 Å². The SMILES string of the molecule is CC(C)C[C@H](CO)Nc1nc(NS(C)(=O)=O)cc(SC(C)c2ccc(Cl)cc2F)n1. The quantitative estimate of drug-likeness (QED) is 0.346. The van der Waals surface area contributed by atoms with Crippen LogP contribution in [-0.2, 0) is 10.0 Å². The molecule has 166 valence electrons. The summed E-state index contributed by atoms with van der Waals surface area (Å²) in [4.78, 5) is 8.61. The molecule has 1 heterocycles.